The summed E-state index contributed by atoms with van der Waals surface area (Å²) in [7, 11) is 1.88. The molecule has 0 unspecified atom stereocenters. The standard InChI is InChI=1S/C12H12BrNO3/c1-6-7(4-12(16)17)8-3-11(15)9(13)5-10(8)14(6)2/h3,5,15H,4H2,1-2H3,(H,16,17). The molecule has 0 spiro atoms. The van der Waals surface area contributed by atoms with Crippen molar-refractivity contribution < 1.29 is 15.0 Å². The van der Waals surface area contributed by atoms with Gasteiger partial charge < -0.3 is 14.8 Å². The minimum Gasteiger partial charge on any atom is -0.507 e. The summed E-state index contributed by atoms with van der Waals surface area (Å²) in [6.45, 7) is 1.88. The number of carbonyl (C=O) groups is 1. The quantitative estimate of drug-likeness (QED) is 0.895. The van der Waals surface area contributed by atoms with Crippen molar-refractivity contribution >= 4 is 32.8 Å². The Balaban J connectivity index is 2.79. The van der Waals surface area contributed by atoms with E-state index in [2.05, 4.69) is 15.9 Å². The Morgan fingerprint density at radius 3 is 2.71 bits per heavy atom. The van der Waals surface area contributed by atoms with Crippen LogP contribution in [0.5, 0.6) is 5.75 Å². The number of halogens is 1. The molecular formula is C12H12BrNO3. The summed E-state index contributed by atoms with van der Waals surface area (Å²) in [5.74, 6) is -0.752. The van der Waals surface area contributed by atoms with Crippen LogP contribution in [0.2, 0.25) is 0 Å². The van der Waals surface area contributed by atoms with Gasteiger partial charge in [-0.05, 0) is 40.5 Å². The molecule has 1 heterocycles. The molecule has 0 aliphatic heterocycles. The number of nitrogens with zero attached hydrogens (tertiary/aromatic N) is 1. The van der Waals surface area contributed by atoms with Gasteiger partial charge in [-0.15, -0.1) is 0 Å². The lowest BCUT2D eigenvalue weighted by atomic mass is 10.1. The fourth-order valence-electron chi connectivity index (χ4n) is 2.02. The molecular weight excluding hydrogens is 286 g/mol. The molecule has 4 nitrogen and oxygen atoms in total. The van der Waals surface area contributed by atoms with Crippen LogP contribution in [0.15, 0.2) is 16.6 Å². The molecule has 1 aromatic heterocycles. The highest BCUT2D eigenvalue weighted by atomic mass is 79.9. The topological polar surface area (TPSA) is 62.5 Å². The Labute approximate surface area is 107 Å². The van der Waals surface area contributed by atoms with Gasteiger partial charge in [-0.2, -0.15) is 0 Å². The Bertz CT molecular complexity index is 616. The molecule has 0 bridgehead atoms. The first-order valence-corrected chi connectivity index (χ1v) is 5.89. The van der Waals surface area contributed by atoms with E-state index in [1.807, 2.05) is 18.5 Å². The second kappa shape index (κ2) is 4.07. The van der Waals surface area contributed by atoms with Crippen LogP contribution in [0.25, 0.3) is 10.9 Å². The maximum absolute atomic E-state index is 10.8. The van der Waals surface area contributed by atoms with Crippen molar-refractivity contribution in [2.45, 2.75) is 13.3 Å². The molecule has 90 valence electrons. The Morgan fingerprint density at radius 1 is 1.47 bits per heavy atom. The second-order valence-corrected chi connectivity index (χ2v) is 4.87. The molecule has 2 N–H and O–H groups in total. The van der Waals surface area contributed by atoms with E-state index < -0.39 is 5.97 Å². The molecule has 17 heavy (non-hydrogen) atoms. The van der Waals surface area contributed by atoms with Gasteiger partial charge in [0.05, 0.1) is 10.9 Å². The minimum atomic E-state index is -0.872. The number of phenols is 1. The summed E-state index contributed by atoms with van der Waals surface area (Å²) < 4.78 is 2.53. The van der Waals surface area contributed by atoms with Crippen LogP contribution < -0.4 is 0 Å². The van der Waals surface area contributed by atoms with Crippen molar-refractivity contribution in [3.8, 4) is 5.75 Å². The number of rotatable bonds is 2. The number of phenolic OH excluding ortho intramolecular Hbond substituents is 1. The predicted octanol–water partition coefficient (Wildman–Crippen LogP) is 2.58. The van der Waals surface area contributed by atoms with Crippen LogP contribution >= 0.6 is 15.9 Å². The van der Waals surface area contributed by atoms with Crippen molar-refractivity contribution in [3.63, 3.8) is 0 Å². The molecule has 2 aromatic rings. The zero-order valence-electron chi connectivity index (χ0n) is 9.49. The van der Waals surface area contributed by atoms with E-state index in [9.17, 15) is 9.90 Å². The van der Waals surface area contributed by atoms with E-state index in [0.717, 1.165) is 22.2 Å². The lowest BCUT2D eigenvalue weighted by molar-refractivity contribution is -0.136. The van der Waals surface area contributed by atoms with E-state index in [0.29, 0.717) is 4.47 Å². The first-order valence-electron chi connectivity index (χ1n) is 5.10. The van der Waals surface area contributed by atoms with Crippen molar-refractivity contribution in [2.75, 3.05) is 0 Å². The smallest absolute Gasteiger partial charge is 0.307 e. The van der Waals surface area contributed by atoms with Crippen LogP contribution in [-0.4, -0.2) is 20.7 Å². The van der Waals surface area contributed by atoms with Crippen LogP contribution in [0.1, 0.15) is 11.3 Å². The maximum Gasteiger partial charge on any atom is 0.307 e. The number of aliphatic carboxylic acids is 1. The van der Waals surface area contributed by atoms with E-state index in [1.54, 1.807) is 12.1 Å². The first-order chi connectivity index (χ1) is 7.91. The van der Waals surface area contributed by atoms with Crippen molar-refractivity contribution in [1.29, 1.82) is 0 Å². The van der Waals surface area contributed by atoms with Gasteiger partial charge in [0.2, 0.25) is 0 Å². The van der Waals surface area contributed by atoms with Gasteiger partial charge in [-0.3, -0.25) is 4.79 Å². The largest absolute Gasteiger partial charge is 0.507 e. The average molecular weight is 298 g/mol. The van der Waals surface area contributed by atoms with Gasteiger partial charge in [0.1, 0.15) is 5.75 Å². The maximum atomic E-state index is 10.8. The number of hydrogen-bond donors (Lipinski definition) is 2. The summed E-state index contributed by atoms with van der Waals surface area (Å²) in [6, 6.07) is 3.40. The molecule has 0 atom stereocenters. The third-order valence-electron chi connectivity index (χ3n) is 3.02. The highest BCUT2D eigenvalue weighted by molar-refractivity contribution is 9.10. The van der Waals surface area contributed by atoms with E-state index in [-0.39, 0.29) is 12.2 Å². The predicted molar refractivity (Wildman–Crippen MR) is 68.4 cm³/mol. The second-order valence-electron chi connectivity index (χ2n) is 4.01. The number of fused-ring (bicyclic) bond motifs is 1. The van der Waals surface area contributed by atoms with E-state index in [1.165, 1.54) is 0 Å². The Morgan fingerprint density at radius 2 is 2.12 bits per heavy atom. The average Bonchev–Trinajstić information content (AvgIpc) is 2.45. The number of hydrogen-bond acceptors (Lipinski definition) is 2. The fourth-order valence-corrected chi connectivity index (χ4v) is 2.35. The van der Waals surface area contributed by atoms with E-state index in [4.69, 9.17) is 5.11 Å². The van der Waals surface area contributed by atoms with Crippen molar-refractivity contribution in [2.24, 2.45) is 7.05 Å². The van der Waals surface area contributed by atoms with Crippen LogP contribution in [0.4, 0.5) is 0 Å². The molecule has 0 saturated heterocycles. The molecule has 5 heteroatoms. The molecule has 1 aromatic carbocycles. The number of carboxylic acids is 1. The monoisotopic (exact) mass is 297 g/mol. The van der Waals surface area contributed by atoms with Gasteiger partial charge in [0.25, 0.3) is 0 Å². The van der Waals surface area contributed by atoms with Crippen LogP contribution in [-0.2, 0) is 18.3 Å². The zero-order valence-corrected chi connectivity index (χ0v) is 11.1. The number of benzene rings is 1. The molecule has 0 aliphatic carbocycles. The summed E-state index contributed by atoms with van der Waals surface area (Å²) in [6.07, 6.45) is -0.0375. The third-order valence-corrected chi connectivity index (χ3v) is 3.65. The molecule has 0 fully saturated rings. The number of aromatic nitrogens is 1. The van der Waals surface area contributed by atoms with Crippen LogP contribution in [0, 0.1) is 6.92 Å². The van der Waals surface area contributed by atoms with Gasteiger partial charge in [-0.25, -0.2) is 0 Å². The van der Waals surface area contributed by atoms with Gasteiger partial charge in [-0.1, -0.05) is 0 Å². The lowest BCUT2D eigenvalue weighted by Crippen LogP contribution is -2.01. The molecule has 2 rings (SSSR count). The zero-order chi connectivity index (χ0) is 12.7. The lowest BCUT2D eigenvalue weighted by Gasteiger charge is -2.00. The van der Waals surface area contributed by atoms with Crippen LogP contribution in [0.3, 0.4) is 0 Å². The summed E-state index contributed by atoms with van der Waals surface area (Å²) in [4.78, 5) is 10.8. The van der Waals surface area contributed by atoms with Gasteiger partial charge in [0.15, 0.2) is 0 Å². The number of aromatic hydroxyl groups is 1. The Kier molecular flexibility index (Phi) is 2.87. The van der Waals surface area contributed by atoms with E-state index >= 15 is 0 Å². The SMILES string of the molecule is Cc1c(CC(=O)O)c2cc(O)c(Br)cc2n1C. The summed E-state index contributed by atoms with van der Waals surface area (Å²) in [5, 5.41) is 19.4. The fraction of sp³-hybridized carbons (Fsp3) is 0.250. The first kappa shape index (κ1) is 12.0. The number of carboxylic acid groups (broad SMARTS) is 1. The molecule has 0 saturated carbocycles. The van der Waals surface area contributed by atoms with Gasteiger partial charge in [0, 0.05) is 23.6 Å². The summed E-state index contributed by atoms with van der Waals surface area (Å²) >= 11 is 3.26. The number of aryl methyl sites for hydroxylation is 1. The Hall–Kier alpha value is -1.49. The molecule has 0 amide bonds. The van der Waals surface area contributed by atoms with Crippen molar-refractivity contribution in [1.82, 2.24) is 4.57 Å². The normalized spacial score (nSPS) is 11.0. The third kappa shape index (κ3) is 1.91. The van der Waals surface area contributed by atoms with Gasteiger partial charge >= 0.3 is 5.97 Å². The highest BCUT2D eigenvalue weighted by Crippen LogP contribution is 2.33. The minimum absolute atomic E-state index is 0.0375. The highest BCUT2D eigenvalue weighted by Gasteiger charge is 2.16. The van der Waals surface area contributed by atoms with Crippen molar-refractivity contribution in [3.05, 3.63) is 27.9 Å². The molecule has 0 aliphatic rings. The molecule has 0 radical (unpaired) electrons. The summed E-state index contributed by atoms with van der Waals surface area (Å²) in [5.41, 5.74) is 2.56.